The maximum atomic E-state index is 13.0. The van der Waals surface area contributed by atoms with Crippen LogP contribution in [0.25, 0.3) is 10.9 Å². The molecular formula is C26H24F3N3O2. The van der Waals surface area contributed by atoms with E-state index in [-0.39, 0.29) is 31.0 Å². The molecule has 1 heterocycles. The van der Waals surface area contributed by atoms with Gasteiger partial charge in [-0.3, -0.25) is 4.79 Å². The number of carbonyl (C=O) groups is 1. The first-order valence-corrected chi connectivity index (χ1v) is 11.4. The van der Waals surface area contributed by atoms with Crippen LogP contribution < -0.4 is 5.32 Å². The van der Waals surface area contributed by atoms with E-state index >= 15 is 0 Å². The number of ether oxygens (including phenoxy) is 1. The summed E-state index contributed by atoms with van der Waals surface area (Å²) in [6, 6.07) is 13.0. The summed E-state index contributed by atoms with van der Waals surface area (Å²) in [5.74, 6) is 0.631. The highest BCUT2D eigenvalue weighted by molar-refractivity contribution is 6.02. The number of fused-ring (bicyclic) bond motifs is 3. The fraction of sp³-hybridized carbons (Fsp3) is 0.385. The molecule has 2 aromatic carbocycles. The van der Waals surface area contributed by atoms with Crippen LogP contribution >= 0.6 is 0 Å². The van der Waals surface area contributed by atoms with Crippen molar-refractivity contribution < 1.29 is 22.7 Å². The number of amides is 1. The number of hydrogen-bond donors (Lipinski definition) is 2. The lowest BCUT2D eigenvalue weighted by atomic mass is 9.55. The van der Waals surface area contributed by atoms with Gasteiger partial charge in [-0.25, -0.2) is 0 Å². The third kappa shape index (κ3) is 4.40. The molecule has 0 spiro atoms. The zero-order chi connectivity index (χ0) is 23.9. The number of hydrogen-bond acceptors (Lipinski definition) is 3. The molecule has 5 nitrogen and oxygen atoms in total. The van der Waals surface area contributed by atoms with Crippen LogP contribution in [0.2, 0.25) is 0 Å². The molecule has 1 aromatic heterocycles. The lowest BCUT2D eigenvalue weighted by Gasteiger charge is -2.48. The lowest BCUT2D eigenvalue weighted by molar-refractivity contribution is -0.137. The molecule has 34 heavy (non-hydrogen) atoms. The SMILES string of the molecule is N#C[C@H]1C[C@@H](C(=O)Nc2c[nH]c3ccc(COCc4ccc(C(F)(F)F)cc4)cc23)C2CC1C2. The first-order valence-electron chi connectivity index (χ1n) is 11.4. The number of nitrogens with one attached hydrogen (secondary N) is 2. The average molecular weight is 467 g/mol. The molecule has 6 rings (SSSR count). The minimum atomic E-state index is -4.35. The van der Waals surface area contributed by atoms with Crippen LogP contribution in [-0.2, 0) is 28.9 Å². The number of nitrogens with zero attached hydrogens (tertiary/aromatic N) is 1. The number of alkyl halides is 3. The number of aromatic nitrogens is 1. The van der Waals surface area contributed by atoms with Crippen molar-refractivity contribution in [2.24, 2.45) is 23.7 Å². The molecule has 3 fully saturated rings. The summed E-state index contributed by atoms with van der Waals surface area (Å²) < 4.78 is 43.8. The number of nitriles is 1. The average Bonchev–Trinajstić information content (AvgIpc) is 3.19. The molecule has 3 aromatic rings. The molecule has 0 radical (unpaired) electrons. The molecule has 0 saturated heterocycles. The molecule has 1 amide bonds. The van der Waals surface area contributed by atoms with Gasteiger partial charge in [0.05, 0.1) is 30.5 Å². The van der Waals surface area contributed by atoms with Gasteiger partial charge in [-0.2, -0.15) is 18.4 Å². The molecule has 2 atom stereocenters. The molecule has 0 unspecified atom stereocenters. The third-order valence-corrected chi connectivity index (χ3v) is 7.18. The molecule has 2 N–H and O–H groups in total. The summed E-state index contributed by atoms with van der Waals surface area (Å²) >= 11 is 0. The maximum absolute atomic E-state index is 13.0. The zero-order valence-corrected chi connectivity index (χ0v) is 18.4. The number of aromatic amines is 1. The Labute approximate surface area is 194 Å². The number of anilines is 1. The Hall–Kier alpha value is -3.31. The van der Waals surface area contributed by atoms with Crippen LogP contribution in [0.1, 0.15) is 36.0 Å². The van der Waals surface area contributed by atoms with Crippen LogP contribution in [0, 0.1) is 35.0 Å². The second-order valence-corrected chi connectivity index (χ2v) is 9.33. The van der Waals surface area contributed by atoms with E-state index < -0.39 is 11.7 Å². The lowest BCUT2D eigenvalue weighted by Crippen LogP contribution is -2.46. The smallest absolute Gasteiger partial charge is 0.372 e. The van der Waals surface area contributed by atoms with Crippen molar-refractivity contribution in [2.75, 3.05) is 5.32 Å². The number of halogens is 3. The van der Waals surface area contributed by atoms with Gasteiger partial charge < -0.3 is 15.0 Å². The van der Waals surface area contributed by atoms with Gasteiger partial charge in [-0.05, 0) is 66.5 Å². The van der Waals surface area contributed by atoms with Crippen LogP contribution in [0.3, 0.4) is 0 Å². The second-order valence-electron chi connectivity index (χ2n) is 9.33. The Bertz CT molecular complexity index is 1240. The second kappa shape index (κ2) is 8.80. The standard InChI is InChI=1S/C26H24F3N3O2/c27-26(28,29)20-4-1-15(2-5-20)13-34-14-16-3-6-23-22(7-16)24(12-31-23)32-25(33)21-10-19(11-30)17-8-18(21)9-17/h1-7,12,17-19,21,31H,8-10,13-14H2,(H,32,33)/t17?,18?,19-,21-/m1/s1. The molecule has 3 aliphatic carbocycles. The summed E-state index contributed by atoms with van der Waals surface area (Å²) in [6.45, 7) is 0.475. The molecular weight excluding hydrogens is 443 g/mol. The molecule has 0 aliphatic heterocycles. The van der Waals surface area contributed by atoms with Crippen molar-refractivity contribution in [3.63, 3.8) is 0 Å². The topological polar surface area (TPSA) is 77.9 Å². The highest BCUT2D eigenvalue weighted by Gasteiger charge is 2.48. The van der Waals surface area contributed by atoms with Crippen LogP contribution in [-0.4, -0.2) is 10.9 Å². The maximum Gasteiger partial charge on any atom is 0.416 e. The van der Waals surface area contributed by atoms with E-state index in [9.17, 15) is 23.2 Å². The molecule has 176 valence electrons. The van der Waals surface area contributed by atoms with Crippen molar-refractivity contribution in [3.05, 3.63) is 65.4 Å². The fourth-order valence-electron chi connectivity index (χ4n) is 5.17. The Morgan fingerprint density at radius 1 is 1.06 bits per heavy atom. The van der Waals surface area contributed by atoms with Crippen LogP contribution in [0.15, 0.2) is 48.7 Å². The van der Waals surface area contributed by atoms with Gasteiger partial charge in [0.15, 0.2) is 0 Å². The summed E-state index contributed by atoms with van der Waals surface area (Å²) in [7, 11) is 0. The minimum absolute atomic E-state index is 0.0304. The van der Waals surface area contributed by atoms with E-state index in [1.807, 2.05) is 18.2 Å². The van der Waals surface area contributed by atoms with E-state index in [1.165, 1.54) is 12.1 Å². The Morgan fingerprint density at radius 2 is 1.76 bits per heavy atom. The number of rotatable bonds is 6. The van der Waals surface area contributed by atoms with Gasteiger partial charge >= 0.3 is 6.18 Å². The largest absolute Gasteiger partial charge is 0.416 e. The predicted molar refractivity (Wildman–Crippen MR) is 120 cm³/mol. The van der Waals surface area contributed by atoms with E-state index in [2.05, 4.69) is 16.4 Å². The first-order chi connectivity index (χ1) is 16.3. The van der Waals surface area contributed by atoms with E-state index in [1.54, 1.807) is 6.20 Å². The van der Waals surface area contributed by atoms with Crippen molar-refractivity contribution in [1.29, 1.82) is 5.26 Å². The summed E-state index contributed by atoms with van der Waals surface area (Å²) in [5.41, 5.74) is 2.43. The van der Waals surface area contributed by atoms with Gasteiger partial charge in [0.25, 0.3) is 0 Å². The minimum Gasteiger partial charge on any atom is -0.372 e. The number of H-pyrrole nitrogens is 1. The van der Waals surface area contributed by atoms with Crippen LogP contribution in [0.4, 0.5) is 18.9 Å². The summed E-state index contributed by atoms with van der Waals surface area (Å²) in [6.07, 6.45) is -0.0327. The van der Waals surface area contributed by atoms with E-state index in [0.717, 1.165) is 41.4 Å². The molecule has 3 aliphatic rings. The molecule has 2 bridgehead atoms. The zero-order valence-electron chi connectivity index (χ0n) is 18.4. The van der Waals surface area contributed by atoms with Crippen LogP contribution in [0.5, 0.6) is 0 Å². The first kappa shape index (κ1) is 22.5. The van der Waals surface area contributed by atoms with E-state index in [0.29, 0.717) is 29.5 Å². The summed E-state index contributed by atoms with van der Waals surface area (Å²) in [5, 5.41) is 13.3. The monoisotopic (exact) mass is 467 g/mol. The number of benzene rings is 2. The van der Waals surface area contributed by atoms with Crippen molar-refractivity contribution in [2.45, 2.75) is 38.7 Å². The fourth-order valence-corrected chi connectivity index (χ4v) is 5.17. The van der Waals surface area contributed by atoms with Gasteiger partial charge in [-0.1, -0.05) is 18.2 Å². The van der Waals surface area contributed by atoms with Crippen molar-refractivity contribution in [1.82, 2.24) is 4.98 Å². The quantitative estimate of drug-likeness (QED) is 0.465. The Balaban J connectivity index is 1.22. The molecule has 8 heteroatoms. The number of carbonyl (C=O) groups excluding carboxylic acids is 1. The highest BCUT2D eigenvalue weighted by atomic mass is 19.4. The normalized spacial score (nSPS) is 23.8. The Kier molecular flexibility index (Phi) is 5.82. The van der Waals surface area contributed by atoms with Crippen molar-refractivity contribution >= 4 is 22.5 Å². The Morgan fingerprint density at radius 3 is 2.47 bits per heavy atom. The van der Waals surface area contributed by atoms with Gasteiger partial charge in [0, 0.05) is 28.9 Å². The van der Waals surface area contributed by atoms with Gasteiger partial charge in [0.1, 0.15) is 0 Å². The molecule has 3 saturated carbocycles. The van der Waals surface area contributed by atoms with Crippen molar-refractivity contribution in [3.8, 4) is 6.07 Å². The van der Waals surface area contributed by atoms with Gasteiger partial charge in [0.2, 0.25) is 5.91 Å². The third-order valence-electron chi connectivity index (χ3n) is 7.18. The highest BCUT2D eigenvalue weighted by Crippen LogP contribution is 2.52. The van der Waals surface area contributed by atoms with E-state index in [4.69, 9.17) is 4.74 Å². The summed E-state index contributed by atoms with van der Waals surface area (Å²) in [4.78, 5) is 16.1. The van der Waals surface area contributed by atoms with Gasteiger partial charge in [-0.15, -0.1) is 0 Å². The predicted octanol–water partition coefficient (Wildman–Crippen LogP) is 6.03.